The molecule has 5 heteroatoms. The van der Waals surface area contributed by atoms with E-state index < -0.39 is 5.60 Å². The minimum atomic E-state index is -0.863. The van der Waals surface area contributed by atoms with Gasteiger partial charge < -0.3 is 20.9 Å². The van der Waals surface area contributed by atoms with Crippen LogP contribution in [0.2, 0.25) is 0 Å². The summed E-state index contributed by atoms with van der Waals surface area (Å²) in [7, 11) is 0. The molecule has 0 unspecified atom stereocenters. The molecular weight excluding hydrogens is 256 g/mol. The van der Waals surface area contributed by atoms with Gasteiger partial charge in [0.05, 0.1) is 5.60 Å². The zero-order chi connectivity index (χ0) is 14.8. The molecule has 1 amide bonds. The average molecular weight is 278 g/mol. The average Bonchev–Trinajstić information content (AvgIpc) is 2.41. The van der Waals surface area contributed by atoms with Crippen molar-refractivity contribution >= 4 is 11.6 Å². The van der Waals surface area contributed by atoms with Gasteiger partial charge in [-0.2, -0.15) is 0 Å². The number of nitrogens with two attached hydrogens (primary N) is 1. The van der Waals surface area contributed by atoms with E-state index >= 15 is 0 Å². The van der Waals surface area contributed by atoms with E-state index in [4.69, 9.17) is 10.5 Å². The van der Waals surface area contributed by atoms with Crippen molar-refractivity contribution < 1.29 is 14.6 Å². The molecule has 20 heavy (non-hydrogen) atoms. The maximum atomic E-state index is 12.2. The van der Waals surface area contributed by atoms with E-state index in [1.54, 1.807) is 6.07 Å². The van der Waals surface area contributed by atoms with Crippen LogP contribution in [0, 0.1) is 13.8 Å². The molecule has 1 saturated heterocycles. The first-order valence-corrected chi connectivity index (χ1v) is 6.86. The van der Waals surface area contributed by atoms with Crippen LogP contribution in [-0.4, -0.2) is 36.4 Å². The van der Waals surface area contributed by atoms with Crippen LogP contribution >= 0.6 is 0 Å². The SMILES string of the molecule is Cc1cc(C)c(C(=O)NCC2(O)CCOCC2)cc1N. The quantitative estimate of drug-likeness (QED) is 0.724. The third-order valence-electron chi connectivity index (χ3n) is 3.86. The lowest BCUT2D eigenvalue weighted by atomic mass is 9.94. The van der Waals surface area contributed by atoms with E-state index in [-0.39, 0.29) is 12.5 Å². The lowest BCUT2D eigenvalue weighted by Gasteiger charge is -2.32. The first-order valence-electron chi connectivity index (χ1n) is 6.86. The van der Waals surface area contributed by atoms with Crippen LogP contribution in [0.5, 0.6) is 0 Å². The van der Waals surface area contributed by atoms with Gasteiger partial charge in [-0.05, 0) is 31.0 Å². The summed E-state index contributed by atoms with van der Waals surface area (Å²) in [6.45, 7) is 5.09. The largest absolute Gasteiger partial charge is 0.398 e. The topological polar surface area (TPSA) is 84.6 Å². The Balaban J connectivity index is 2.03. The molecule has 0 bridgehead atoms. The fourth-order valence-corrected chi connectivity index (χ4v) is 2.38. The van der Waals surface area contributed by atoms with Gasteiger partial charge in [0.15, 0.2) is 0 Å². The molecule has 1 aromatic carbocycles. The smallest absolute Gasteiger partial charge is 0.251 e. The summed E-state index contributed by atoms with van der Waals surface area (Å²) in [5, 5.41) is 13.1. The van der Waals surface area contributed by atoms with E-state index in [0.717, 1.165) is 11.1 Å². The Morgan fingerprint density at radius 1 is 1.35 bits per heavy atom. The molecule has 0 radical (unpaired) electrons. The van der Waals surface area contributed by atoms with Gasteiger partial charge in [0.1, 0.15) is 0 Å². The Bertz CT molecular complexity index is 508. The number of nitrogen functional groups attached to an aromatic ring is 1. The predicted octanol–water partition coefficient (Wildman–Crippen LogP) is 1.16. The van der Waals surface area contributed by atoms with Crippen LogP contribution in [-0.2, 0) is 4.74 Å². The fraction of sp³-hybridized carbons (Fsp3) is 0.533. The van der Waals surface area contributed by atoms with Gasteiger partial charge in [-0.25, -0.2) is 0 Å². The van der Waals surface area contributed by atoms with Gasteiger partial charge in [-0.1, -0.05) is 6.07 Å². The number of carbonyl (C=O) groups excluding carboxylic acids is 1. The number of carbonyl (C=O) groups is 1. The van der Waals surface area contributed by atoms with Crippen LogP contribution < -0.4 is 11.1 Å². The van der Waals surface area contributed by atoms with Crippen molar-refractivity contribution in [2.75, 3.05) is 25.5 Å². The summed E-state index contributed by atoms with van der Waals surface area (Å²) >= 11 is 0. The van der Waals surface area contributed by atoms with Crippen molar-refractivity contribution in [2.24, 2.45) is 0 Å². The first kappa shape index (κ1) is 14.8. The number of aryl methyl sites for hydroxylation is 2. The Kier molecular flexibility index (Phi) is 4.30. The molecule has 0 atom stereocenters. The van der Waals surface area contributed by atoms with Crippen molar-refractivity contribution in [1.29, 1.82) is 0 Å². The van der Waals surface area contributed by atoms with Crippen LogP contribution in [0.1, 0.15) is 34.3 Å². The first-order chi connectivity index (χ1) is 9.41. The highest BCUT2D eigenvalue weighted by Gasteiger charge is 2.30. The predicted molar refractivity (Wildman–Crippen MR) is 77.7 cm³/mol. The Morgan fingerprint density at radius 2 is 2.00 bits per heavy atom. The Hall–Kier alpha value is -1.59. The molecule has 110 valence electrons. The van der Waals surface area contributed by atoms with Crippen molar-refractivity contribution in [3.05, 3.63) is 28.8 Å². The summed E-state index contributed by atoms with van der Waals surface area (Å²) in [4.78, 5) is 12.2. The maximum Gasteiger partial charge on any atom is 0.251 e. The van der Waals surface area contributed by atoms with E-state index in [1.807, 2.05) is 19.9 Å². The molecule has 0 aromatic heterocycles. The van der Waals surface area contributed by atoms with Crippen molar-refractivity contribution in [1.82, 2.24) is 5.32 Å². The van der Waals surface area contributed by atoms with Gasteiger partial charge in [0.25, 0.3) is 5.91 Å². The Labute approximate surface area is 119 Å². The third-order valence-corrected chi connectivity index (χ3v) is 3.86. The number of nitrogens with one attached hydrogen (secondary N) is 1. The molecular formula is C15H22N2O3. The van der Waals surface area contributed by atoms with E-state index in [2.05, 4.69) is 5.32 Å². The van der Waals surface area contributed by atoms with Gasteiger partial charge in [-0.3, -0.25) is 4.79 Å². The van der Waals surface area contributed by atoms with Gasteiger partial charge in [0, 0.05) is 43.9 Å². The van der Waals surface area contributed by atoms with E-state index in [0.29, 0.717) is 37.3 Å². The standard InChI is InChI=1S/C15H22N2O3/c1-10-7-11(2)13(16)8-12(10)14(18)17-9-15(19)3-5-20-6-4-15/h7-8,19H,3-6,9,16H2,1-2H3,(H,17,18). The van der Waals surface area contributed by atoms with Crippen LogP contribution in [0.25, 0.3) is 0 Å². The van der Waals surface area contributed by atoms with Crippen molar-refractivity contribution in [3.63, 3.8) is 0 Å². The van der Waals surface area contributed by atoms with Gasteiger partial charge in [-0.15, -0.1) is 0 Å². The number of hydrogen-bond donors (Lipinski definition) is 3. The normalized spacial score (nSPS) is 17.8. The third kappa shape index (κ3) is 3.29. The minimum absolute atomic E-state index is 0.200. The number of aliphatic hydroxyl groups is 1. The number of anilines is 1. The number of hydrogen-bond acceptors (Lipinski definition) is 4. The van der Waals surface area contributed by atoms with Crippen molar-refractivity contribution in [3.8, 4) is 0 Å². The van der Waals surface area contributed by atoms with Crippen LogP contribution in [0.4, 0.5) is 5.69 Å². The van der Waals surface area contributed by atoms with E-state index in [1.165, 1.54) is 0 Å². The van der Waals surface area contributed by atoms with Crippen molar-refractivity contribution in [2.45, 2.75) is 32.3 Å². The molecule has 1 aromatic rings. The molecule has 1 aliphatic rings. The zero-order valence-electron chi connectivity index (χ0n) is 12.0. The molecule has 4 N–H and O–H groups in total. The second-order valence-corrected chi connectivity index (χ2v) is 5.54. The molecule has 1 aliphatic heterocycles. The Morgan fingerprint density at radius 3 is 2.65 bits per heavy atom. The second-order valence-electron chi connectivity index (χ2n) is 5.54. The lowest BCUT2D eigenvalue weighted by molar-refractivity contribution is -0.0605. The molecule has 0 saturated carbocycles. The summed E-state index contributed by atoms with van der Waals surface area (Å²) in [6.07, 6.45) is 1.09. The second kappa shape index (κ2) is 5.81. The lowest BCUT2D eigenvalue weighted by Crippen LogP contribution is -2.46. The summed E-state index contributed by atoms with van der Waals surface area (Å²) in [6, 6.07) is 3.58. The summed E-state index contributed by atoms with van der Waals surface area (Å²) in [5.41, 5.74) is 7.99. The highest BCUT2D eigenvalue weighted by Crippen LogP contribution is 2.21. The summed E-state index contributed by atoms with van der Waals surface area (Å²) < 4.78 is 5.22. The van der Waals surface area contributed by atoms with Gasteiger partial charge in [0.2, 0.25) is 0 Å². The molecule has 1 fully saturated rings. The van der Waals surface area contributed by atoms with Gasteiger partial charge >= 0.3 is 0 Å². The number of benzene rings is 1. The molecule has 0 spiro atoms. The monoisotopic (exact) mass is 278 g/mol. The number of rotatable bonds is 3. The molecule has 2 rings (SSSR count). The number of ether oxygens (including phenoxy) is 1. The maximum absolute atomic E-state index is 12.2. The highest BCUT2D eigenvalue weighted by atomic mass is 16.5. The minimum Gasteiger partial charge on any atom is -0.398 e. The molecule has 0 aliphatic carbocycles. The highest BCUT2D eigenvalue weighted by molar-refractivity contribution is 5.96. The number of amides is 1. The molecule has 1 heterocycles. The zero-order valence-corrected chi connectivity index (χ0v) is 12.0. The fourth-order valence-electron chi connectivity index (χ4n) is 2.38. The van der Waals surface area contributed by atoms with Crippen LogP contribution in [0.15, 0.2) is 12.1 Å². The van der Waals surface area contributed by atoms with E-state index in [9.17, 15) is 9.90 Å². The summed E-state index contributed by atoms with van der Waals surface area (Å²) in [5.74, 6) is -0.200. The van der Waals surface area contributed by atoms with Crippen LogP contribution in [0.3, 0.4) is 0 Å². The molecule has 5 nitrogen and oxygen atoms in total.